The van der Waals surface area contributed by atoms with Crippen LogP contribution in [-0.2, 0) is 12.1 Å². The standard InChI is InChI=1S/C21H19FN6OS/c22-21(6-3-7-21)20-23-10-15(30-20)19(29)28-9-5-13-17(25-12-24-13)18(28)14-11-27-8-2-1-4-16(27)26-14/h1-2,4,8,10-12,18H,3,5-7,9H2,(H,24,25)/t18-/m1/s1. The summed E-state index contributed by atoms with van der Waals surface area (Å²) in [6.45, 7) is 0.528. The number of pyridine rings is 1. The molecule has 1 aliphatic carbocycles. The molecule has 1 aliphatic heterocycles. The average molecular weight is 422 g/mol. The number of aromatic amines is 1. The molecular formula is C21H19FN6OS. The van der Waals surface area contributed by atoms with Gasteiger partial charge in [-0.05, 0) is 31.4 Å². The first kappa shape index (κ1) is 17.8. The monoisotopic (exact) mass is 422 g/mol. The summed E-state index contributed by atoms with van der Waals surface area (Å²) in [4.78, 5) is 32.4. The largest absolute Gasteiger partial charge is 0.348 e. The van der Waals surface area contributed by atoms with Crippen molar-refractivity contribution in [3.8, 4) is 0 Å². The number of aromatic nitrogens is 5. The highest BCUT2D eigenvalue weighted by atomic mass is 32.1. The van der Waals surface area contributed by atoms with Crippen LogP contribution in [0.2, 0.25) is 0 Å². The van der Waals surface area contributed by atoms with Crippen LogP contribution in [-0.4, -0.2) is 41.7 Å². The molecule has 1 atom stereocenters. The van der Waals surface area contributed by atoms with Gasteiger partial charge in [-0.1, -0.05) is 6.07 Å². The fourth-order valence-corrected chi connectivity index (χ4v) is 5.31. The third kappa shape index (κ3) is 2.61. The van der Waals surface area contributed by atoms with E-state index in [-0.39, 0.29) is 5.91 Å². The van der Waals surface area contributed by atoms with Gasteiger partial charge in [0, 0.05) is 31.1 Å². The second-order valence-corrected chi connectivity index (χ2v) is 8.93. The maximum Gasteiger partial charge on any atom is 0.266 e. The topological polar surface area (TPSA) is 79.2 Å². The highest BCUT2D eigenvalue weighted by Gasteiger charge is 2.43. The quantitative estimate of drug-likeness (QED) is 0.547. The van der Waals surface area contributed by atoms with Crippen molar-refractivity contribution in [3.63, 3.8) is 0 Å². The van der Waals surface area contributed by atoms with Crippen LogP contribution >= 0.6 is 11.3 Å². The predicted molar refractivity (Wildman–Crippen MR) is 109 cm³/mol. The molecule has 1 N–H and O–H groups in total. The maximum atomic E-state index is 14.8. The van der Waals surface area contributed by atoms with Crippen molar-refractivity contribution in [2.75, 3.05) is 6.54 Å². The molecule has 1 saturated carbocycles. The Bertz CT molecular complexity index is 1220. The number of rotatable bonds is 3. The number of halogens is 1. The number of nitrogens with one attached hydrogen (secondary N) is 1. The minimum absolute atomic E-state index is 0.155. The molecule has 7 nitrogen and oxygen atoms in total. The van der Waals surface area contributed by atoms with E-state index in [1.165, 1.54) is 17.5 Å². The summed E-state index contributed by atoms with van der Waals surface area (Å²) in [7, 11) is 0. The lowest BCUT2D eigenvalue weighted by atomic mass is 9.83. The van der Waals surface area contributed by atoms with Crippen molar-refractivity contribution in [3.05, 3.63) is 70.1 Å². The van der Waals surface area contributed by atoms with Gasteiger partial charge in [-0.25, -0.2) is 19.3 Å². The first-order valence-electron chi connectivity index (χ1n) is 10.0. The van der Waals surface area contributed by atoms with Crippen molar-refractivity contribution >= 4 is 22.9 Å². The van der Waals surface area contributed by atoms with Gasteiger partial charge in [0.1, 0.15) is 21.6 Å². The molecule has 0 saturated heterocycles. The Morgan fingerprint density at radius 3 is 3.00 bits per heavy atom. The molecule has 30 heavy (non-hydrogen) atoms. The Hall–Kier alpha value is -3.07. The van der Waals surface area contributed by atoms with E-state index < -0.39 is 11.7 Å². The summed E-state index contributed by atoms with van der Waals surface area (Å²) in [5.74, 6) is -0.155. The molecule has 0 unspecified atom stereocenters. The molecule has 4 aromatic rings. The number of nitrogens with zero attached hydrogens (tertiary/aromatic N) is 5. The summed E-state index contributed by atoms with van der Waals surface area (Å²) >= 11 is 1.17. The lowest BCUT2D eigenvalue weighted by Crippen LogP contribution is -2.40. The number of amides is 1. The molecule has 6 rings (SSSR count). The zero-order valence-electron chi connectivity index (χ0n) is 16.1. The van der Waals surface area contributed by atoms with Gasteiger partial charge in [0.2, 0.25) is 0 Å². The predicted octanol–water partition coefficient (Wildman–Crippen LogP) is 3.65. The third-order valence-corrected chi connectivity index (χ3v) is 7.26. The number of imidazole rings is 2. The average Bonchev–Trinajstić information content (AvgIpc) is 3.49. The first-order chi connectivity index (χ1) is 14.6. The number of hydrogen-bond acceptors (Lipinski definition) is 5. The molecule has 0 bridgehead atoms. The van der Waals surface area contributed by atoms with Gasteiger partial charge in [0.15, 0.2) is 5.67 Å². The van der Waals surface area contributed by atoms with E-state index in [0.717, 1.165) is 29.1 Å². The molecule has 2 aliphatic rings. The van der Waals surface area contributed by atoms with Gasteiger partial charge in [-0.3, -0.25) is 4.79 Å². The molecule has 4 aromatic heterocycles. The second-order valence-electron chi connectivity index (χ2n) is 7.90. The lowest BCUT2D eigenvalue weighted by molar-refractivity contribution is 0.0606. The maximum absolute atomic E-state index is 14.8. The van der Waals surface area contributed by atoms with E-state index in [0.29, 0.717) is 35.7 Å². The Morgan fingerprint density at radius 2 is 2.20 bits per heavy atom. The Labute approximate surface area is 175 Å². The zero-order chi connectivity index (χ0) is 20.3. The van der Waals surface area contributed by atoms with Gasteiger partial charge in [-0.15, -0.1) is 11.3 Å². The van der Waals surface area contributed by atoms with Crippen LogP contribution in [0.4, 0.5) is 4.39 Å². The van der Waals surface area contributed by atoms with Crippen LogP contribution < -0.4 is 0 Å². The molecular weight excluding hydrogens is 403 g/mol. The summed E-state index contributed by atoms with van der Waals surface area (Å²) in [5.41, 5.74) is 2.04. The van der Waals surface area contributed by atoms with E-state index in [9.17, 15) is 9.18 Å². The van der Waals surface area contributed by atoms with Crippen LogP contribution in [0.5, 0.6) is 0 Å². The van der Waals surface area contributed by atoms with Crippen LogP contribution in [0.1, 0.15) is 57.1 Å². The number of thiazole rings is 1. The van der Waals surface area contributed by atoms with Crippen molar-refractivity contribution in [2.24, 2.45) is 0 Å². The number of alkyl halides is 1. The number of fused-ring (bicyclic) bond motifs is 2. The minimum Gasteiger partial charge on any atom is -0.348 e. The normalized spacial score (nSPS) is 20.2. The number of hydrogen-bond donors (Lipinski definition) is 1. The van der Waals surface area contributed by atoms with Crippen molar-refractivity contribution < 1.29 is 9.18 Å². The van der Waals surface area contributed by atoms with Crippen molar-refractivity contribution in [1.29, 1.82) is 0 Å². The summed E-state index contributed by atoms with van der Waals surface area (Å²) in [5, 5.41) is 0.416. The van der Waals surface area contributed by atoms with Crippen LogP contribution in [0.15, 0.2) is 43.1 Å². The summed E-state index contributed by atoms with van der Waals surface area (Å²) < 4.78 is 16.7. The Morgan fingerprint density at radius 1 is 1.30 bits per heavy atom. The molecule has 1 amide bonds. The van der Waals surface area contributed by atoms with E-state index in [4.69, 9.17) is 4.98 Å². The molecule has 0 spiro atoms. The first-order valence-corrected chi connectivity index (χ1v) is 10.9. The van der Waals surface area contributed by atoms with Gasteiger partial charge in [-0.2, -0.15) is 0 Å². The van der Waals surface area contributed by atoms with E-state index in [1.807, 2.05) is 35.0 Å². The number of H-pyrrole nitrogens is 1. The van der Waals surface area contributed by atoms with E-state index in [1.54, 1.807) is 11.2 Å². The third-order valence-electron chi connectivity index (χ3n) is 6.09. The molecule has 152 valence electrons. The van der Waals surface area contributed by atoms with Crippen molar-refractivity contribution in [2.45, 2.75) is 37.4 Å². The minimum atomic E-state index is -1.36. The van der Waals surface area contributed by atoms with Gasteiger partial charge in [0.05, 0.1) is 23.9 Å². The Kier molecular flexibility index (Phi) is 3.83. The second kappa shape index (κ2) is 6.46. The number of carbonyl (C=O) groups excluding carboxylic acids is 1. The SMILES string of the molecule is O=C(c1cnc(C2(F)CCC2)s1)N1CCc2[nH]cnc2[C@H]1c1cn2ccccc2n1. The van der Waals surface area contributed by atoms with Crippen LogP contribution in [0, 0.1) is 0 Å². The Balaban J connectivity index is 1.40. The van der Waals surface area contributed by atoms with Crippen LogP contribution in [0.25, 0.3) is 5.65 Å². The summed E-state index contributed by atoms with van der Waals surface area (Å²) in [6, 6.07) is 5.40. The molecule has 9 heteroatoms. The van der Waals surface area contributed by atoms with E-state index >= 15 is 0 Å². The highest BCUT2D eigenvalue weighted by molar-refractivity contribution is 7.13. The highest BCUT2D eigenvalue weighted by Crippen LogP contribution is 2.46. The zero-order valence-corrected chi connectivity index (χ0v) is 16.9. The fraction of sp³-hybridized carbons (Fsp3) is 0.333. The van der Waals surface area contributed by atoms with Gasteiger partial charge < -0.3 is 14.3 Å². The van der Waals surface area contributed by atoms with E-state index in [2.05, 4.69) is 15.0 Å². The van der Waals surface area contributed by atoms with Crippen LogP contribution in [0.3, 0.4) is 0 Å². The molecule has 5 heterocycles. The fourth-order valence-electron chi connectivity index (χ4n) is 4.30. The smallest absolute Gasteiger partial charge is 0.266 e. The molecule has 0 aromatic carbocycles. The lowest BCUT2D eigenvalue weighted by Gasteiger charge is -2.33. The molecule has 1 fully saturated rings. The van der Waals surface area contributed by atoms with Crippen molar-refractivity contribution in [1.82, 2.24) is 29.2 Å². The molecule has 0 radical (unpaired) electrons. The summed E-state index contributed by atoms with van der Waals surface area (Å²) in [6.07, 6.45) is 9.57. The number of carbonyl (C=O) groups is 1. The van der Waals surface area contributed by atoms with Gasteiger partial charge in [0.25, 0.3) is 5.91 Å². The van der Waals surface area contributed by atoms with Gasteiger partial charge >= 0.3 is 0 Å².